The molecule has 0 aromatic heterocycles. The fraction of sp³-hybridized carbons (Fsp3) is 0.300. The maximum absolute atomic E-state index is 12.4. The van der Waals surface area contributed by atoms with Crippen molar-refractivity contribution in [1.82, 2.24) is 5.32 Å². The second kappa shape index (κ2) is 8.51. The molecule has 0 spiro atoms. The second-order valence-electron chi connectivity index (χ2n) is 6.24. The molecule has 0 atom stereocenters. The summed E-state index contributed by atoms with van der Waals surface area (Å²) in [6, 6.07) is 8.62. The monoisotopic (exact) mass is 387 g/mol. The molecule has 1 aliphatic rings. The second-order valence-corrected chi connectivity index (χ2v) is 6.24. The van der Waals surface area contributed by atoms with E-state index in [0.29, 0.717) is 52.8 Å². The number of ether oxygens (including phenoxy) is 4. The Morgan fingerprint density at radius 2 is 1.79 bits per heavy atom. The van der Waals surface area contributed by atoms with Gasteiger partial charge in [0, 0.05) is 11.6 Å². The molecular weight excluding hydrogens is 366 g/mol. The van der Waals surface area contributed by atoms with Crippen LogP contribution in [-0.2, 0) is 4.79 Å². The number of fused-ring (bicyclic) bond motifs is 1. The number of nitrogens with one attached hydrogen (secondary N) is 1. The molecule has 0 saturated carbocycles. The van der Waals surface area contributed by atoms with Crippen molar-refractivity contribution in [3.63, 3.8) is 0 Å². The van der Waals surface area contributed by atoms with E-state index in [2.05, 4.69) is 5.32 Å². The average molecular weight is 387 g/mol. The summed E-state index contributed by atoms with van der Waals surface area (Å²) in [5.41, 5.74) is 1.87. The van der Waals surface area contributed by atoms with E-state index in [0.717, 1.165) is 0 Å². The molecule has 3 rings (SSSR count). The van der Waals surface area contributed by atoms with Crippen molar-refractivity contribution in [3.05, 3.63) is 47.0 Å². The quantitative estimate of drug-likeness (QED) is 0.670. The zero-order valence-electron chi connectivity index (χ0n) is 15.6. The first-order chi connectivity index (χ1) is 13.4. The molecule has 28 heavy (non-hydrogen) atoms. The summed E-state index contributed by atoms with van der Waals surface area (Å²) < 4.78 is 21.4. The predicted octanol–water partition coefficient (Wildman–Crippen LogP) is 2.30. The Kier molecular flexibility index (Phi) is 5.88. The van der Waals surface area contributed by atoms with Gasteiger partial charge in [0.15, 0.2) is 18.1 Å². The van der Waals surface area contributed by atoms with Gasteiger partial charge >= 0.3 is 5.97 Å². The summed E-state index contributed by atoms with van der Waals surface area (Å²) in [7, 11) is 0. The van der Waals surface area contributed by atoms with Crippen LogP contribution in [0.15, 0.2) is 30.3 Å². The smallest absolute Gasteiger partial charge is 0.341 e. The highest BCUT2D eigenvalue weighted by atomic mass is 16.7. The van der Waals surface area contributed by atoms with Gasteiger partial charge in [0.1, 0.15) is 18.1 Å². The Morgan fingerprint density at radius 1 is 1.07 bits per heavy atom. The lowest BCUT2D eigenvalue weighted by Crippen LogP contribution is -2.28. The van der Waals surface area contributed by atoms with Crippen molar-refractivity contribution >= 4 is 11.9 Å². The largest absolute Gasteiger partial charge is 0.492 e. The fourth-order valence-electron chi connectivity index (χ4n) is 2.85. The topological polar surface area (TPSA) is 103 Å². The third-order valence-electron chi connectivity index (χ3n) is 4.06. The van der Waals surface area contributed by atoms with Crippen LogP contribution < -0.4 is 24.3 Å². The highest BCUT2D eigenvalue weighted by molar-refractivity contribution is 5.94. The average Bonchev–Trinajstić information content (AvgIpc) is 3.11. The van der Waals surface area contributed by atoms with Crippen molar-refractivity contribution in [1.29, 1.82) is 0 Å². The van der Waals surface area contributed by atoms with Gasteiger partial charge in [-0.15, -0.1) is 0 Å². The number of aliphatic carboxylic acids is 1. The summed E-state index contributed by atoms with van der Waals surface area (Å²) in [4.78, 5) is 23.0. The molecule has 0 aliphatic carbocycles. The number of rotatable bonds is 8. The zero-order valence-corrected chi connectivity index (χ0v) is 15.6. The van der Waals surface area contributed by atoms with E-state index in [-0.39, 0.29) is 12.7 Å². The van der Waals surface area contributed by atoms with Crippen LogP contribution in [0.3, 0.4) is 0 Å². The van der Waals surface area contributed by atoms with Gasteiger partial charge in [-0.25, -0.2) is 4.79 Å². The van der Waals surface area contributed by atoms with Crippen molar-refractivity contribution in [2.75, 3.05) is 26.6 Å². The molecule has 0 unspecified atom stereocenters. The Bertz CT molecular complexity index is 871. The minimum absolute atomic E-state index is 0.202. The first-order valence-corrected chi connectivity index (χ1v) is 8.70. The summed E-state index contributed by atoms with van der Waals surface area (Å²) in [6.45, 7) is 3.93. The minimum atomic E-state index is -1.05. The minimum Gasteiger partial charge on any atom is -0.492 e. The van der Waals surface area contributed by atoms with Crippen LogP contribution >= 0.6 is 0 Å². The molecule has 0 saturated heterocycles. The van der Waals surface area contributed by atoms with E-state index >= 15 is 0 Å². The number of hydrogen-bond donors (Lipinski definition) is 2. The Morgan fingerprint density at radius 3 is 2.50 bits per heavy atom. The van der Waals surface area contributed by atoms with Gasteiger partial charge in [-0.05, 0) is 49.2 Å². The summed E-state index contributed by atoms with van der Waals surface area (Å²) >= 11 is 0. The highest BCUT2D eigenvalue weighted by Crippen LogP contribution is 2.35. The molecule has 1 aliphatic heterocycles. The number of carboxylic acid groups (broad SMARTS) is 1. The summed E-state index contributed by atoms with van der Waals surface area (Å²) in [5, 5.41) is 11.5. The molecule has 148 valence electrons. The van der Waals surface area contributed by atoms with Crippen LogP contribution in [0.1, 0.15) is 21.5 Å². The lowest BCUT2D eigenvalue weighted by atomic mass is 10.1. The Hall–Kier alpha value is -3.42. The number of carbonyl (C=O) groups excluding carboxylic acids is 1. The lowest BCUT2D eigenvalue weighted by molar-refractivity contribution is -0.139. The number of aryl methyl sites for hydroxylation is 2. The number of hydrogen-bond acceptors (Lipinski definition) is 6. The van der Waals surface area contributed by atoms with Crippen LogP contribution in [0.4, 0.5) is 0 Å². The SMILES string of the molecule is Cc1cc(C(=O)NCCOc2ccc3c(c2)OCO3)cc(C)c1OCC(=O)O. The third-order valence-corrected chi connectivity index (χ3v) is 4.06. The molecule has 2 aromatic carbocycles. The molecule has 8 heteroatoms. The van der Waals surface area contributed by atoms with E-state index in [1.54, 1.807) is 44.2 Å². The van der Waals surface area contributed by atoms with Gasteiger partial charge in [0.2, 0.25) is 6.79 Å². The van der Waals surface area contributed by atoms with Crippen LogP contribution in [0.2, 0.25) is 0 Å². The molecular formula is C20H21NO7. The van der Waals surface area contributed by atoms with Crippen LogP contribution in [0.25, 0.3) is 0 Å². The van der Waals surface area contributed by atoms with Gasteiger partial charge in [-0.2, -0.15) is 0 Å². The molecule has 8 nitrogen and oxygen atoms in total. The Balaban J connectivity index is 1.51. The third kappa shape index (κ3) is 4.64. The lowest BCUT2D eigenvalue weighted by Gasteiger charge is -2.13. The number of carboxylic acids is 1. The molecule has 0 bridgehead atoms. The highest BCUT2D eigenvalue weighted by Gasteiger charge is 2.14. The number of amides is 1. The maximum atomic E-state index is 12.4. The van der Waals surface area contributed by atoms with Crippen LogP contribution in [0, 0.1) is 13.8 Å². The van der Waals surface area contributed by atoms with Crippen molar-refractivity contribution in [3.8, 4) is 23.0 Å². The van der Waals surface area contributed by atoms with Crippen LogP contribution in [-0.4, -0.2) is 43.5 Å². The normalized spacial score (nSPS) is 11.8. The van der Waals surface area contributed by atoms with Gasteiger partial charge in [-0.3, -0.25) is 4.79 Å². The van der Waals surface area contributed by atoms with E-state index in [1.165, 1.54) is 0 Å². The van der Waals surface area contributed by atoms with E-state index in [4.69, 9.17) is 24.1 Å². The van der Waals surface area contributed by atoms with E-state index in [9.17, 15) is 9.59 Å². The molecule has 2 N–H and O–H groups in total. The maximum Gasteiger partial charge on any atom is 0.341 e. The molecule has 0 radical (unpaired) electrons. The van der Waals surface area contributed by atoms with Gasteiger partial charge in [0.05, 0.1) is 6.54 Å². The van der Waals surface area contributed by atoms with Crippen molar-refractivity contribution < 1.29 is 33.6 Å². The summed E-state index contributed by atoms with van der Waals surface area (Å²) in [6.07, 6.45) is 0. The molecule has 0 fully saturated rings. The summed E-state index contributed by atoms with van der Waals surface area (Å²) in [5.74, 6) is 1.13. The van der Waals surface area contributed by atoms with Crippen molar-refractivity contribution in [2.45, 2.75) is 13.8 Å². The van der Waals surface area contributed by atoms with E-state index in [1.807, 2.05) is 0 Å². The van der Waals surface area contributed by atoms with Crippen molar-refractivity contribution in [2.24, 2.45) is 0 Å². The molecule has 1 amide bonds. The first kappa shape index (κ1) is 19.3. The fourth-order valence-corrected chi connectivity index (χ4v) is 2.85. The zero-order chi connectivity index (χ0) is 20.1. The Labute approximate surface area is 162 Å². The molecule has 1 heterocycles. The van der Waals surface area contributed by atoms with E-state index < -0.39 is 12.6 Å². The van der Waals surface area contributed by atoms with Gasteiger partial charge in [0.25, 0.3) is 5.91 Å². The molecule has 2 aromatic rings. The number of benzene rings is 2. The first-order valence-electron chi connectivity index (χ1n) is 8.70. The predicted molar refractivity (Wildman–Crippen MR) is 99.4 cm³/mol. The van der Waals surface area contributed by atoms with Gasteiger partial charge < -0.3 is 29.4 Å². The number of carbonyl (C=O) groups is 2. The standard InChI is InChI=1S/C20H21NO7/c1-12-7-14(8-13(2)19(12)26-10-18(22)23)20(24)21-5-6-25-15-3-4-16-17(9-15)28-11-27-16/h3-4,7-9H,5-6,10-11H2,1-2H3,(H,21,24)(H,22,23). The van der Waals surface area contributed by atoms with Crippen LogP contribution in [0.5, 0.6) is 23.0 Å². The van der Waals surface area contributed by atoms with Gasteiger partial charge in [-0.1, -0.05) is 0 Å².